The molecule has 0 saturated carbocycles. The van der Waals surface area contributed by atoms with Crippen LogP contribution in [-0.4, -0.2) is 18.3 Å². The van der Waals surface area contributed by atoms with Gasteiger partial charge in [-0.2, -0.15) is 0 Å². The number of hydrogen-bond acceptors (Lipinski definition) is 2. The smallest absolute Gasteiger partial charge is 0.399 e. The van der Waals surface area contributed by atoms with E-state index in [0.717, 1.165) is 12.4 Å². The minimum absolute atomic E-state index is 0. The summed E-state index contributed by atoms with van der Waals surface area (Å²) < 4.78 is 38.0. The molecule has 0 aromatic heterocycles. The number of hydrogen-bond donors (Lipinski definition) is 0. The van der Waals surface area contributed by atoms with E-state index in [9.17, 15) is 8.78 Å². The summed E-state index contributed by atoms with van der Waals surface area (Å²) in [4.78, 5) is 0. The molecule has 1 saturated heterocycles. The molecule has 0 aliphatic carbocycles. The molecule has 0 radical (unpaired) electrons. The fraction of sp³-hybridized carbons (Fsp3) is 0.684. The van der Waals surface area contributed by atoms with Crippen LogP contribution in [0.3, 0.4) is 0 Å². The number of alkyl halides is 2. The molecule has 0 amide bonds. The summed E-state index contributed by atoms with van der Waals surface area (Å²) in [5, 5.41) is 0. The lowest BCUT2D eigenvalue weighted by Gasteiger charge is -2.32. The maximum absolute atomic E-state index is 13.1. The van der Waals surface area contributed by atoms with Crippen molar-refractivity contribution >= 4 is 12.6 Å². The van der Waals surface area contributed by atoms with Crippen molar-refractivity contribution in [2.24, 2.45) is 0 Å². The van der Waals surface area contributed by atoms with Gasteiger partial charge in [-0.05, 0) is 33.2 Å². The second kappa shape index (κ2) is 9.52. The van der Waals surface area contributed by atoms with Gasteiger partial charge in [-0.1, -0.05) is 59.4 Å². The van der Waals surface area contributed by atoms with Crippen molar-refractivity contribution in [3.63, 3.8) is 0 Å². The third-order valence-corrected chi connectivity index (χ3v) is 3.94. The van der Waals surface area contributed by atoms with Gasteiger partial charge in [0.25, 0.3) is 5.92 Å². The summed E-state index contributed by atoms with van der Waals surface area (Å²) in [7, 11) is -0.510. The Bertz CT molecular complexity index is 449. The summed E-state index contributed by atoms with van der Waals surface area (Å²) in [6.45, 7) is 16.7. The Morgan fingerprint density at radius 2 is 1.17 bits per heavy atom. The Balaban J connectivity index is 0. The van der Waals surface area contributed by atoms with Crippen molar-refractivity contribution in [2.75, 3.05) is 0 Å². The van der Waals surface area contributed by atoms with Crippen LogP contribution in [0.1, 0.15) is 75.3 Å². The van der Waals surface area contributed by atoms with E-state index in [2.05, 4.69) is 0 Å². The van der Waals surface area contributed by atoms with Gasteiger partial charge in [-0.15, -0.1) is 0 Å². The fourth-order valence-corrected chi connectivity index (χ4v) is 1.91. The molecule has 1 aliphatic heterocycles. The Morgan fingerprint density at radius 3 is 1.46 bits per heavy atom. The van der Waals surface area contributed by atoms with Crippen LogP contribution in [0.5, 0.6) is 0 Å². The molecular formula is C19H35BF2O2. The molecule has 24 heavy (non-hydrogen) atoms. The molecule has 1 aliphatic rings. The summed E-state index contributed by atoms with van der Waals surface area (Å²) >= 11 is 0. The molecule has 1 aromatic rings. The molecule has 1 fully saturated rings. The summed E-state index contributed by atoms with van der Waals surface area (Å²) in [6, 6.07) is 6.10. The van der Waals surface area contributed by atoms with Crippen LogP contribution in [-0.2, 0) is 15.2 Å². The van der Waals surface area contributed by atoms with Crippen molar-refractivity contribution in [1.29, 1.82) is 0 Å². The first-order chi connectivity index (χ1) is 10.5. The molecule has 2 nitrogen and oxygen atoms in total. The van der Waals surface area contributed by atoms with Gasteiger partial charge < -0.3 is 9.31 Å². The average molecular weight is 344 g/mol. The van der Waals surface area contributed by atoms with E-state index in [4.69, 9.17) is 9.31 Å². The molecule has 140 valence electrons. The van der Waals surface area contributed by atoms with Crippen molar-refractivity contribution in [2.45, 2.75) is 86.9 Å². The highest BCUT2D eigenvalue weighted by Gasteiger charge is 2.51. The lowest BCUT2D eigenvalue weighted by atomic mass is 9.78. The molecule has 0 N–H and O–H groups in total. The first kappa shape index (κ1) is 25.3. The number of benzene rings is 1. The van der Waals surface area contributed by atoms with Crippen molar-refractivity contribution < 1.29 is 18.1 Å². The van der Waals surface area contributed by atoms with E-state index in [1.54, 1.807) is 12.1 Å². The van der Waals surface area contributed by atoms with E-state index in [-0.39, 0.29) is 13.0 Å². The highest BCUT2D eigenvalue weighted by Crippen LogP contribution is 2.36. The lowest BCUT2D eigenvalue weighted by molar-refractivity contribution is 0.00578. The number of rotatable bonds is 2. The fourth-order valence-electron chi connectivity index (χ4n) is 1.91. The van der Waals surface area contributed by atoms with Crippen LogP contribution in [0.4, 0.5) is 8.78 Å². The summed E-state index contributed by atoms with van der Waals surface area (Å²) in [5.74, 6) is -2.82. The van der Waals surface area contributed by atoms with Crippen LogP contribution in [0.15, 0.2) is 24.3 Å². The van der Waals surface area contributed by atoms with Crippen molar-refractivity contribution in [3.05, 3.63) is 29.8 Å². The zero-order valence-corrected chi connectivity index (χ0v) is 16.0. The molecule has 0 atom stereocenters. The zero-order valence-electron chi connectivity index (χ0n) is 16.0. The molecule has 5 heteroatoms. The van der Waals surface area contributed by atoms with Gasteiger partial charge in [0.05, 0.1) is 11.2 Å². The first-order valence-electron chi connectivity index (χ1n) is 8.37. The predicted molar refractivity (Wildman–Crippen MR) is 101 cm³/mol. The molecular weight excluding hydrogens is 309 g/mol. The van der Waals surface area contributed by atoms with E-state index in [0.29, 0.717) is 0 Å². The highest BCUT2D eigenvalue weighted by molar-refractivity contribution is 6.62. The van der Waals surface area contributed by atoms with Gasteiger partial charge in [-0.25, -0.2) is 8.78 Å². The topological polar surface area (TPSA) is 18.5 Å². The quantitative estimate of drug-likeness (QED) is 0.633. The van der Waals surface area contributed by atoms with Crippen LogP contribution in [0, 0.1) is 0 Å². The van der Waals surface area contributed by atoms with Gasteiger partial charge in [-0.3, -0.25) is 0 Å². The normalized spacial score (nSPS) is 17.7. The van der Waals surface area contributed by atoms with Crippen LogP contribution in [0.2, 0.25) is 0 Å². The van der Waals surface area contributed by atoms with E-state index in [1.165, 1.54) is 12.1 Å². The average Bonchev–Trinajstić information content (AvgIpc) is 2.71. The van der Waals surface area contributed by atoms with Gasteiger partial charge in [0.15, 0.2) is 0 Å². The Hall–Kier alpha value is -0.935. The van der Waals surface area contributed by atoms with E-state index in [1.807, 2.05) is 55.4 Å². The summed E-state index contributed by atoms with van der Waals surface area (Å²) in [5.41, 5.74) is -0.102. The van der Waals surface area contributed by atoms with E-state index >= 15 is 0 Å². The molecule has 0 unspecified atom stereocenters. The van der Waals surface area contributed by atoms with Crippen molar-refractivity contribution in [1.82, 2.24) is 0 Å². The van der Waals surface area contributed by atoms with E-state index < -0.39 is 24.2 Å². The van der Waals surface area contributed by atoms with Crippen molar-refractivity contribution in [3.8, 4) is 0 Å². The van der Waals surface area contributed by atoms with Gasteiger partial charge >= 0.3 is 7.12 Å². The Morgan fingerprint density at radius 1 is 0.833 bits per heavy atom. The Kier molecular flexibility index (Phi) is 10.0. The number of halogens is 2. The molecule has 1 aromatic carbocycles. The SMILES string of the molecule is C.CC.CC.CC(F)(F)c1ccc(B2OC(C)(C)C(C)(C)O2)cc1. The third-order valence-electron chi connectivity index (χ3n) is 3.94. The van der Waals surface area contributed by atoms with Gasteiger partial charge in [0.2, 0.25) is 0 Å². The lowest BCUT2D eigenvalue weighted by Crippen LogP contribution is -2.41. The third kappa shape index (κ3) is 5.85. The molecule has 1 heterocycles. The van der Waals surface area contributed by atoms with Crippen LogP contribution >= 0.6 is 0 Å². The maximum Gasteiger partial charge on any atom is 0.494 e. The summed E-state index contributed by atoms with van der Waals surface area (Å²) in [6.07, 6.45) is 0. The minimum atomic E-state index is -2.82. The van der Waals surface area contributed by atoms with Gasteiger partial charge in [0, 0.05) is 12.5 Å². The first-order valence-corrected chi connectivity index (χ1v) is 8.37. The standard InChI is InChI=1S/C14H19BF2O2.2C2H6.CH4/c1-12(2)13(3,4)19-15(18-12)11-8-6-10(7-9-11)14(5,16)17;2*1-2;/h6-9H,1-5H3;2*1-2H3;1H4. The van der Waals surface area contributed by atoms with Crippen LogP contribution in [0.25, 0.3) is 0 Å². The largest absolute Gasteiger partial charge is 0.494 e. The molecule has 0 bridgehead atoms. The Labute approximate surface area is 148 Å². The highest BCUT2D eigenvalue weighted by atomic mass is 19.3. The van der Waals surface area contributed by atoms with Crippen LogP contribution < -0.4 is 5.46 Å². The maximum atomic E-state index is 13.1. The molecule has 0 spiro atoms. The minimum Gasteiger partial charge on any atom is -0.399 e. The zero-order chi connectivity index (χ0) is 18.5. The predicted octanol–water partition coefficient (Wildman–Crippen LogP) is 5.79. The second-order valence-corrected chi connectivity index (χ2v) is 6.10. The molecule has 2 rings (SSSR count). The van der Waals surface area contributed by atoms with Gasteiger partial charge in [0.1, 0.15) is 0 Å². The second-order valence-electron chi connectivity index (χ2n) is 6.10. The monoisotopic (exact) mass is 344 g/mol.